The highest BCUT2D eigenvalue weighted by atomic mass is 19.1. The van der Waals surface area contributed by atoms with E-state index in [1.165, 1.54) is 54.6 Å². The molecule has 0 saturated carbocycles. The highest BCUT2D eigenvalue weighted by molar-refractivity contribution is 5.88. The molecule has 55 heavy (non-hydrogen) atoms. The van der Waals surface area contributed by atoms with Crippen LogP contribution in [0, 0.1) is 11.6 Å². The van der Waals surface area contributed by atoms with Gasteiger partial charge in [0.05, 0.1) is 6.61 Å². The number of rotatable bonds is 12. The SMILES string of the molecule is O=C(CCc1ccc(F)cc1)OC1C(O)[C@@H](CO)O[C@@H](Oc2c(-c3ccc(O)c(O)c3)oc3cc(O)cc(O)c3c2=O)[C@H]1OC(=O)CCc1ccc(F)cc1. The number of carbonyl (C=O) groups is 2. The lowest BCUT2D eigenvalue weighted by molar-refractivity contribution is -0.286. The van der Waals surface area contributed by atoms with Gasteiger partial charge in [0.15, 0.2) is 23.4 Å². The van der Waals surface area contributed by atoms with Crippen LogP contribution in [0.2, 0.25) is 0 Å². The van der Waals surface area contributed by atoms with Crippen molar-refractivity contribution in [1.82, 2.24) is 0 Å². The van der Waals surface area contributed by atoms with Crippen LogP contribution in [-0.2, 0) is 36.6 Å². The number of hydrogen-bond acceptors (Lipinski definition) is 14. The summed E-state index contributed by atoms with van der Waals surface area (Å²) in [5, 5.41) is 61.9. The monoisotopic (exact) mass is 764 g/mol. The molecule has 5 aromatic rings. The summed E-state index contributed by atoms with van der Waals surface area (Å²) in [6.07, 6.45) is -9.42. The number of aryl methyl sites for hydroxylation is 2. The molecule has 2 unspecified atom stereocenters. The highest BCUT2D eigenvalue weighted by Gasteiger charge is 2.51. The maximum Gasteiger partial charge on any atom is 0.306 e. The van der Waals surface area contributed by atoms with Crippen LogP contribution < -0.4 is 10.2 Å². The van der Waals surface area contributed by atoms with Crippen molar-refractivity contribution in [3.8, 4) is 40.1 Å². The summed E-state index contributed by atoms with van der Waals surface area (Å²) in [6, 6.07) is 15.8. The standard InChI is InChI=1S/C39H34F2O14/c40-22-8-1-19(2-9-22)5-13-30(47)53-36-33(49)29(18-42)52-39(38(36)54-31(48)14-6-20-3-10-23(41)11-4-20)55-37-34(50)32-27(46)16-24(43)17-28(32)51-35(37)21-7-12-25(44)26(45)15-21/h1-4,7-12,15-17,29,33,36,38-39,42-46,49H,5-6,13-14,18H2/t29-,33?,36?,38+,39+/m1/s1. The van der Waals surface area contributed by atoms with E-state index < -0.39 is 106 Å². The number of carbonyl (C=O) groups excluding carboxylic acids is 2. The molecule has 0 radical (unpaired) electrons. The van der Waals surface area contributed by atoms with Crippen LogP contribution in [0.3, 0.4) is 0 Å². The first kappa shape index (κ1) is 38.5. The molecule has 14 nitrogen and oxygen atoms in total. The third-order valence-corrected chi connectivity index (χ3v) is 8.78. The van der Waals surface area contributed by atoms with Crippen molar-refractivity contribution < 1.29 is 72.4 Å². The van der Waals surface area contributed by atoms with E-state index >= 15 is 0 Å². The lowest BCUT2D eigenvalue weighted by Crippen LogP contribution is -2.62. The lowest BCUT2D eigenvalue weighted by Gasteiger charge is -2.42. The summed E-state index contributed by atoms with van der Waals surface area (Å²) in [5.74, 6) is -6.36. The number of phenolic OH excluding ortho intramolecular Hbond substituents is 4. The number of aliphatic hydroxyl groups is 2. The molecular formula is C39H34F2O14. The number of phenols is 4. The van der Waals surface area contributed by atoms with Crippen molar-refractivity contribution in [2.24, 2.45) is 0 Å². The van der Waals surface area contributed by atoms with Crippen molar-refractivity contribution in [3.05, 3.63) is 112 Å². The molecule has 16 heteroatoms. The second kappa shape index (κ2) is 16.4. The summed E-state index contributed by atoms with van der Waals surface area (Å²) < 4.78 is 56.0. The van der Waals surface area contributed by atoms with E-state index in [0.717, 1.165) is 24.3 Å². The number of hydrogen-bond donors (Lipinski definition) is 6. The molecule has 1 saturated heterocycles. The Morgan fingerprint density at radius 1 is 0.727 bits per heavy atom. The van der Waals surface area contributed by atoms with Gasteiger partial charge in [-0.2, -0.15) is 0 Å². The Hall–Kier alpha value is -6.23. The average Bonchev–Trinajstić information content (AvgIpc) is 3.15. The van der Waals surface area contributed by atoms with Crippen LogP contribution in [0.15, 0.2) is 88.1 Å². The minimum atomic E-state index is -1.95. The van der Waals surface area contributed by atoms with E-state index in [0.29, 0.717) is 11.1 Å². The molecule has 1 aliphatic heterocycles. The van der Waals surface area contributed by atoms with Crippen molar-refractivity contribution in [3.63, 3.8) is 0 Å². The number of ether oxygens (including phenoxy) is 4. The van der Waals surface area contributed by atoms with E-state index in [1.54, 1.807) is 0 Å². The number of aromatic hydroxyl groups is 4. The molecule has 0 bridgehead atoms. The minimum Gasteiger partial charge on any atom is -0.508 e. The summed E-state index contributed by atoms with van der Waals surface area (Å²) in [5.41, 5.74) is -0.320. The summed E-state index contributed by atoms with van der Waals surface area (Å²) in [6.45, 7) is -0.888. The van der Waals surface area contributed by atoms with Crippen LogP contribution in [0.25, 0.3) is 22.3 Å². The molecule has 6 N–H and O–H groups in total. The Kier molecular flexibility index (Phi) is 11.5. The van der Waals surface area contributed by atoms with Crippen LogP contribution in [0.1, 0.15) is 24.0 Å². The zero-order valence-electron chi connectivity index (χ0n) is 28.6. The van der Waals surface area contributed by atoms with Gasteiger partial charge < -0.3 is 54.0 Å². The molecule has 1 aliphatic rings. The fourth-order valence-electron chi connectivity index (χ4n) is 5.96. The van der Waals surface area contributed by atoms with Crippen LogP contribution >= 0.6 is 0 Å². The molecule has 1 aromatic heterocycles. The topological polar surface area (TPSA) is 223 Å². The number of benzene rings is 4. The normalized spacial score (nSPS) is 19.5. The first-order valence-electron chi connectivity index (χ1n) is 16.8. The third kappa shape index (κ3) is 8.78. The molecular weight excluding hydrogens is 730 g/mol. The Morgan fingerprint density at radius 3 is 1.87 bits per heavy atom. The molecule has 0 aliphatic carbocycles. The minimum absolute atomic E-state index is 0.0665. The number of halogens is 2. The lowest BCUT2D eigenvalue weighted by atomic mass is 9.98. The van der Waals surface area contributed by atoms with Gasteiger partial charge in [0, 0.05) is 30.5 Å². The fraction of sp³-hybridized carbons (Fsp3) is 0.256. The quantitative estimate of drug-likeness (QED) is 0.0778. The van der Waals surface area contributed by atoms with E-state index in [9.17, 15) is 53.8 Å². The molecule has 288 valence electrons. The second-order valence-corrected chi connectivity index (χ2v) is 12.6. The van der Waals surface area contributed by atoms with Gasteiger partial charge >= 0.3 is 11.9 Å². The molecule has 2 heterocycles. The number of esters is 2. The second-order valence-electron chi connectivity index (χ2n) is 12.6. The Labute approximate surface area is 309 Å². The van der Waals surface area contributed by atoms with E-state index in [-0.39, 0.29) is 36.8 Å². The highest BCUT2D eigenvalue weighted by Crippen LogP contribution is 2.40. The third-order valence-electron chi connectivity index (χ3n) is 8.78. The Bertz CT molecular complexity index is 2240. The van der Waals surface area contributed by atoms with Gasteiger partial charge in [-0.3, -0.25) is 14.4 Å². The summed E-state index contributed by atoms with van der Waals surface area (Å²) >= 11 is 0. The first-order chi connectivity index (χ1) is 26.3. The van der Waals surface area contributed by atoms with Gasteiger partial charge in [0.1, 0.15) is 46.3 Å². The molecule has 6 rings (SSSR count). The predicted octanol–water partition coefficient (Wildman–Crippen LogP) is 4.11. The summed E-state index contributed by atoms with van der Waals surface area (Å²) in [4.78, 5) is 40.6. The van der Waals surface area contributed by atoms with Gasteiger partial charge in [-0.25, -0.2) is 8.78 Å². The van der Waals surface area contributed by atoms with Crippen molar-refractivity contribution >= 4 is 22.9 Å². The van der Waals surface area contributed by atoms with Gasteiger partial charge in [-0.05, 0) is 66.4 Å². The van der Waals surface area contributed by atoms with Gasteiger partial charge in [-0.1, -0.05) is 24.3 Å². The summed E-state index contributed by atoms with van der Waals surface area (Å²) in [7, 11) is 0. The van der Waals surface area contributed by atoms with E-state index in [4.69, 9.17) is 23.4 Å². The molecule has 0 spiro atoms. The van der Waals surface area contributed by atoms with Crippen LogP contribution in [0.5, 0.6) is 28.7 Å². The molecule has 4 aromatic carbocycles. The first-order valence-corrected chi connectivity index (χ1v) is 16.8. The van der Waals surface area contributed by atoms with Crippen LogP contribution in [-0.4, -0.2) is 79.9 Å². The number of aliphatic hydroxyl groups excluding tert-OH is 2. The average molecular weight is 765 g/mol. The van der Waals surface area contributed by atoms with Gasteiger partial charge in [-0.15, -0.1) is 0 Å². The zero-order chi connectivity index (χ0) is 39.4. The zero-order valence-corrected chi connectivity index (χ0v) is 28.6. The van der Waals surface area contributed by atoms with E-state index in [1.807, 2.05) is 0 Å². The Balaban J connectivity index is 1.39. The molecule has 5 atom stereocenters. The predicted molar refractivity (Wildman–Crippen MR) is 186 cm³/mol. The van der Waals surface area contributed by atoms with Gasteiger partial charge in [0.25, 0.3) is 0 Å². The van der Waals surface area contributed by atoms with Crippen molar-refractivity contribution in [2.75, 3.05) is 6.61 Å². The fourth-order valence-corrected chi connectivity index (χ4v) is 5.96. The van der Waals surface area contributed by atoms with Crippen molar-refractivity contribution in [1.29, 1.82) is 0 Å². The smallest absolute Gasteiger partial charge is 0.306 e. The van der Waals surface area contributed by atoms with E-state index in [2.05, 4.69) is 0 Å². The van der Waals surface area contributed by atoms with Crippen LogP contribution in [0.4, 0.5) is 8.78 Å². The van der Waals surface area contributed by atoms with Gasteiger partial charge in [0.2, 0.25) is 23.6 Å². The van der Waals surface area contributed by atoms with Crippen molar-refractivity contribution in [2.45, 2.75) is 56.4 Å². The maximum atomic E-state index is 14.1. The largest absolute Gasteiger partial charge is 0.508 e. The maximum absolute atomic E-state index is 14.1. The molecule has 1 fully saturated rings. The molecule has 0 amide bonds. The Morgan fingerprint density at radius 2 is 1.31 bits per heavy atom. The number of fused-ring (bicyclic) bond motifs is 1.